The molecule has 3 nitrogen and oxygen atoms in total. The van der Waals surface area contributed by atoms with Gasteiger partial charge in [-0.3, -0.25) is 9.69 Å². The summed E-state index contributed by atoms with van der Waals surface area (Å²) in [6.07, 6.45) is 0. The number of carbonyl (C=O) groups is 1. The Kier molecular flexibility index (Phi) is 5.28. The molecule has 0 N–H and O–H groups in total. The van der Waals surface area contributed by atoms with E-state index >= 15 is 0 Å². The minimum Gasteiger partial charge on any atom is -0.491 e. The highest BCUT2D eigenvalue weighted by Crippen LogP contribution is 2.19. The Labute approximate surface area is 119 Å². The van der Waals surface area contributed by atoms with Crippen LogP contribution < -0.4 is 4.74 Å². The summed E-state index contributed by atoms with van der Waals surface area (Å²) in [5, 5.41) is 0.707. The zero-order valence-corrected chi connectivity index (χ0v) is 12.4. The Balaban J connectivity index is 1.84. The molecule has 0 saturated carbocycles. The van der Waals surface area contributed by atoms with E-state index in [-0.39, 0.29) is 5.78 Å². The number of rotatable bonds is 5. The molecule has 1 atom stereocenters. The number of nitrogens with zero attached hydrogens (tertiary/aromatic N) is 1. The second-order valence-electron chi connectivity index (χ2n) is 4.88. The minimum atomic E-state index is 0.0543. The molecule has 0 radical (unpaired) electrons. The maximum Gasteiger partial charge on any atom is 0.163 e. The Morgan fingerprint density at radius 2 is 2.26 bits per heavy atom. The standard InChI is InChI=1S/C15H21NO2S/c1-12-11-16(8-10-19-12)7-9-18-15-6-4-3-5-14(15)13(2)17/h3-6,12H,7-11H2,1-2H3. The van der Waals surface area contributed by atoms with Gasteiger partial charge in [0, 0.05) is 30.6 Å². The van der Waals surface area contributed by atoms with Gasteiger partial charge in [-0.1, -0.05) is 19.1 Å². The van der Waals surface area contributed by atoms with E-state index in [1.807, 2.05) is 36.0 Å². The first kappa shape index (κ1) is 14.4. The second-order valence-corrected chi connectivity index (χ2v) is 6.43. The van der Waals surface area contributed by atoms with Crippen molar-refractivity contribution in [3.8, 4) is 5.75 Å². The van der Waals surface area contributed by atoms with Crippen molar-refractivity contribution in [3.63, 3.8) is 0 Å². The van der Waals surface area contributed by atoms with Crippen molar-refractivity contribution in [1.82, 2.24) is 4.90 Å². The highest BCUT2D eigenvalue weighted by molar-refractivity contribution is 7.99. The van der Waals surface area contributed by atoms with Gasteiger partial charge in [0.05, 0.1) is 5.56 Å². The number of ketones is 1. The van der Waals surface area contributed by atoms with Crippen molar-refractivity contribution in [2.24, 2.45) is 0 Å². The number of carbonyl (C=O) groups excluding carboxylic acids is 1. The number of hydrogen-bond acceptors (Lipinski definition) is 4. The van der Waals surface area contributed by atoms with Crippen molar-refractivity contribution >= 4 is 17.5 Å². The van der Waals surface area contributed by atoms with E-state index in [4.69, 9.17) is 4.74 Å². The molecule has 0 spiro atoms. The molecule has 0 amide bonds. The van der Waals surface area contributed by atoms with E-state index in [2.05, 4.69) is 11.8 Å². The summed E-state index contributed by atoms with van der Waals surface area (Å²) in [7, 11) is 0. The average Bonchev–Trinajstić information content (AvgIpc) is 2.39. The summed E-state index contributed by atoms with van der Waals surface area (Å²) in [5.41, 5.74) is 0.671. The van der Waals surface area contributed by atoms with Crippen LogP contribution in [0.25, 0.3) is 0 Å². The average molecular weight is 279 g/mol. The van der Waals surface area contributed by atoms with Gasteiger partial charge in [-0.05, 0) is 19.1 Å². The van der Waals surface area contributed by atoms with E-state index in [0.29, 0.717) is 23.2 Å². The number of Topliss-reactive ketones (excluding diaryl/α,β-unsaturated/α-hetero) is 1. The van der Waals surface area contributed by atoms with Gasteiger partial charge in [-0.15, -0.1) is 0 Å². The predicted octanol–water partition coefficient (Wildman–Crippen LogP) is 2.71. The molecule has 1 fully saturated rings. The van der Waals surface area contributed by atoms with Crippen molar-refractivity contribution in [2.75, 3.05) is 32.0 Å². The lowest BCUT2D eigenvalue weighted by Gasteiger charge is -2.30. The molecule has 0 bridgehead atoms. The van der Waals surface area contributed by atoms with Gasteiger partial charge >= 0.3 is 0 Å². The molecule has 1 saturated heterocycles. The molecule has 2 rings (SSSR count). The third-order valence-electron chi connectivity index (χ3n) is 3.26. The van der Waals surface area contributed by atoms with Crippen LogP contribution in [0.4, 0.5) is 0 Å². The normalized spacial score (nSPS) is 20.2. The fourth-order valence-electron chi connectivity index (χ4n) is 2.26. The van der Waals surface area contributed by atoms with Crippen LogP contribution in [-0.4, -0.2) is 47.9 Å². The SMILES string of the molecule is CC(=O)c1ccccc1OCCN1CCSC(C)C1. The number of para-hydroxylation sites is 1. The largest absolute Gasteiger partial charge is 0.491 e. The summed E-state index contributed by atoms with van der Waals surface area (Å²) in [6, 6.07) is 7.46. The Morgan fingerprint density at radius 3 is 3.00 bits per heavy atom. The predicted molar refractivity (Wildman–Crippen MR) is 80.3 cm³/mol. The number of thioether (sulfide) groups is 1. The van der Waals surface area contributed by atoms with Gasteiger partial charge in [0.2, 0.25) is 0 Å². The molecule has 4 heteroatoms. The molecule has 19 heavy (non-hydrogen) atoms. The number of benzene rings is 1. The van der Waals surface area contributed by atoms with Gasteiger partial charge in [0.1, 0.15) is 12.4 Å². The van der Waals surface area contributed by atoms with Crippen LogP contribution in [0, 0.1) is 0 Å². The van der Waals surface area contributed by atoms with E-state index in [1.165, 1.54) is 5.75 Å². The summed E-state index contributed by atoms with van der Waals surface area (Å²) in [5.74, 6) is 1.96. The van der Waals surface area contributed by atoms with Crippen LogP contribution >= 0.6 is 11.8 Å². The third kappa shape index (κ3) is 4.25. The molecule has 104 valence electrons. The quantitative estimate of drug-likeness (QED) is 0.775. The third-order valence-corrected chi connectivity index (χ3v) is 4.39. The van der Waals surface area contributed by atoms with Crippen molar-refractivity contribution in [1.29, 1.82) is 0 Å². The molecular formula is C15H21NO2S. The topological polar surface area (TPSA) is 29.5 Å². The van der Waals surface area contributed by atoms with E-state index in [0.717, 1.165) is 19.6 Å². The van der Waals surface area contributed by atoms with Gasteiger partial charge < -0.3 is 4.74 Å². The molecule has 1 heterocycles. The first-order valence-electron chi connectivity index (χ1n) is 6.73. The summed E-state index contributed by atoms with van der Waals surface area (Å²) < 4.78 is 5.77. The zero-order valence-electron chi connectivity index (χ0n) is 11.6. The van der Waals surface area contributed by atoms with Crippen molar-refractivity contribution < 1.29 is 9.53 Å². The molecule has 1 aromatic rings. The molecule has 1 aliphatic heterocycles. The monoisotopic (exact) mass is 279 g/mol. The van der Waals surface area contributed by atoms with Crippen molar-refractivity contribution in [2.45, 2.75) is 19.1 Å². The summed E-state index contributed by atoms with van der Waals surface area (Å²) in [4.78, 5) is 13.9. The maximum atomic E-state index is 11.5. The number of hydrogen-bond donors (Lipinski definition) is 0. The number of ether oxygens (including phenoxy) is 1. The van der Waals surface area contributed by atoms with Crippen LogP contribution in [0.3, 0.4) is 0 Å². The molecule has 1 aliphatic rings. The van der Waals surface area contributed by atoms with Crippen LogP contribution in [0.5, 0.6) is 5.75 Å². The maximum absolute atomic E-state index is 11.5. The fraction of sp³-hybridized carbons (Fsp3) is 0.533. The van der Waals surface area contributed by atoms with Crippen LogP contribution in [-0.2, 0) is 0 Å². The summed E-state index contributed by atoms with van der Waals surface area (Å²) >= 11 is 2.03. The molecule has 1 unspecified atom stereocenters. The molecular weight excluding hydrogens is 258 g/mol. The van der Waals surface area contributed by atoms with E-state index in [9.17, 15) is 4.79 Å². The first-order valence-corrected chi connectivity index (χ1v) is 7.78. The molecule has 0 aliphatic carbocycles. The highest BCUT2D eigenvalue weighted by Gasteiger charge is 2.16. The van der Waals surface area contributed by atoms with Crippen LogP contribution in [0.15, 0.2) is 24.3 Å². The fourth-order valence-corrected chi connectivity index (χ4v) is 3.34. The lowest BCUT2D eigenvalue weighted by molar-refractivity contribution is 0.101. The summed E-state index contributed by atoms with van der Waals surface area (Å²) in [6.45, 7) is 7.67. The Morgan fingerprint density at radius 1 is 1.47 bits per heavy atom. The highest BCUT2D eigenvalue weighted by atomic mass is 32.2. The molecule has 1 aromatic carbocycles. The van der Waals surface area contributed by atoms with Gasteiger partial charge in [0.25, 0.3) is 0 Å². The Bertz CT molecular complexity index is 436. The lowest BCUT2D eigenvalue weighted by atomic mass is 10.1. The second kappa shape index (κ2) is 6.96. The Hall–Kier alpha value is -1.00. The van der Waals surface area contributed by atoms with Crippen LogP contribution in [0.1, 0.15) is 24.2 Å². The molecule has 0 aromatic heterocycles. The van der Waals surface area contributed by atoms with Gasteiger partial charge in [0.15, 0.2) is 5.78 Å². The first-order chi connectivity index (χ1) is 9.16. The van der Waals surface area contributed by atoms with Crippen molar-refractivity contribution in [3.05, 3.63) is 29.8 Å². The smallest absolute Gasteiger partial charge is 0.163 e. The minimum absolute atomic E-state index is 0.0543. The zero-order chi connectivity index (χ0) is 13.7. The van der Waals surface area contributed by atoms with Crippen LogP contribution in [0.2, 0.25) is 0 Å². The van der Waals surface area contributed by atoms with Gasteiger partial charge in [-0.2, -0.15) is 11.8 Å². The lowest BCUT2D eigenvalue weighted by Crippen LogP contribution is -2.39. The van der Waals surface area contributed by atoms with E-state index in [1.54, 1.807) is 6.92 Å². The van der Waals surface area contributed by atoms with E-state index < -0.39 is 0 Å². The van der Waals surface area contributed by atoms with Gasteiger partial charge in [-0.25, -0.2) is 0 Å².